The average Bonchev–Trinajstić information content (AvgIpc) is 3.32. The topological polar surface area (TPSA) is 92.2 Å². The number of nitrogens with zero attached hydrogens (tertiary/aromatic N) is 1. The number of ether oxygens (including phenoxy) is 1. The Kier molecular flexibility index (Phi) is 5.84. The Morgan fingerprint density at radius 1 is 1.08 bits per heavy atom. The van der Waals surface area contributed by atoms with E-state index in [1.54, 1.807) is 12.5 Å². The molecule has 3 N–H and O–H groups in total. The van der Waals surface area contributed by atoms with Crippen molar-refractivity contribution in [2.24, 2.45) is 0 Å². The number of amides is 2. The number of benzene rings is 1. The van der Waals surface area contributed by atoms with Gasteiger partial charge in [0.1, 0.15) is 12.4 Å². The number of carbonyl (C=O) groups excluding carboxylic acids is 1. The lowest BCUT2D eigenvalue weighted by atomic mass is 10.1. The molecular formula is C18H20N4O3. The highest BCUT2D eigenvalue weighted by atomic mass is 16.5. The van der Waals surface area contributed by atoms with E-state index in [2.05, 4.69) is 20.8 Å². The predicted octanol–water partition coefficient (Wildman–Crippen LogP) is 2.72. The maximum Gasteiger partial charge on any atom is 0.315 e. The summed E-state index contributed by atoms with van der Waals surface area (Å²) in [5, 5.41) is 12.2. The second-order valence-electron chi connectivity index (χ2n) is 5.51. The maximum atomic E-state index is 11.8. The summed E-state index contributed by atoms with van der Waals surface area (Å²) in [7, 11) is 0. The molecule has 0 bridgehead atoms. The van der Waals surface area contributed by atoms with Crippen molar-refractivity contribution in [3.05, 3.63) is 77.5 Å². The highest BCUT2D eigenvalue weighted by molar-refractivity contribution is 5.73. The van der Waals surface area contributed by atoms with Gasteiger partial charge >= 0.3 is 6.03 Å². The van der Waals surface area contributed by atoms with Crippen LogP contribution >= 0.6 is 0 Å². The molecule has 7 heteroatoms. The first-order valence-corrected chi connectivity index (χ1v) is 7.97. The molecule has 2 heterocycles. The smallest absolute Gasteiger partial charge is 0.315 e. The summed E-state index contributed by atoms with van der Waals surface area (Å²) < 4.78 is 10.8. The first-order chi connectivity index (χ1) is 12.3. The monoisotopic (exact) mass is 340 g/mol. The van der Waals surface area contributed by atoms with Crippen LogP contribution in [0.25, 0.3) is 0 Å². The minimum absolute atomic E-state index is 0.228. The fourth-order valence-corrected chi connectivity index (χ4v) is 2.30. The van der Waals surface area contributed by atoms with Crippen molar-refractivity contribution in [3.63, 3.8) is 0 Å². The SMILES string of the molecule is O=C(NCc1cccc(COCc2ccco2)c1)NCc1ccn[nH]1. The van der Waals surface area contributed by atoms with E-state index in [1.165, 1.54) is 0 Å². The molecule has 0 saturated carbocycles. The highest BCUT2D eigenvalue weighted by Crippen LogP contribution is 2.09. The molecule has 0 unspecified atom stereocenters. The van der Waals surface area contributed by atoms with Crippen LogP contribution in [0.3, 0.4) is 0 Å². The number of aromatic nitrogens is 2. The van der Waals surface area contributed by atoms with Gasteiger partial charge in [-0.25, -0.2) is 4.79 Å². The van der Waals surface area contributed by atoms with E-state index in [0.29, 0.717) is 26.3 Å². The van der Waals surface area contributed by atoms with Gasteiger partial charge < -0.3 is 19.8 Å². The average molecular weight is 340 g/mol. The lowest BCUT2D eigenvalue weighted by molar-refractivity contribution is 0.0929. The molecule has 2 amide bonds. The summed E-state index contributed by atoms with van der Waals surface area (Å²) in [5.74, 6) is 0.798. The van der Waals surface area contributed by atoms with Crippen LogP contribution in [0, 0.1) is 0 Å². The maximum absolute atomic E-state index is 11.8. The van der Waals surface area contributed by atoms with E-state index >= 15 is 0 Å². The quantitative estimate of drug-likeness (QED) is 0.588. The standard InChI is InChI=1S/C18H20N4O3/c23-18(20-11-16-6-7-21-22-16)19-10-14-3-1-4-15(9-14)12-24-13-17-5-2-8-25-17/h1-9H,10-13H2,(H,21,22)(H2,19,20,23). The number of urea groups is 1. The molecule has 0 spiro atoms. The van der Waals surface area contributed by atoms with Crippen molar-refractivity contribution in [3.8, 4) is 0 Å². The molecule has 3 aromatic rings. The Hall–Kier alpha value is -3.06. The van der Waals surface area contributed by atoms with Gasteiger partial charge in [0.15, 0.2) is 0 Å². The number of hydrogen-bond donors (Lipinski definition) is 3. The van der Waals surface area contributed by atoms with E-state index in [4.69, 9.17) is 9.15 Å². The summed E-state index contributed by atoms with van der Waals surface area (Å²) in [6, 6.07) is 13.2. The number of rotatable bonds is 8. The van der Waals surface area contributed by atoms with Crippen molar-refractivity contribution in [2.45, 2.75) is 26.3 Å². The minimum Gasteiger partial charge on any atom is -0.467 e. The number of nitrogens with one attached hydrogen (secondary N) is 3. The van der Waals surface area contributed by atoms with Gasteiger partial charge in [-0.1, -0.05) is 24.3 Å². The fraction of sp³-hybridized carbons (Fsp3) is 0.222. The molecule has 0 fully saturated rings. The number of H-pyrrole nitrogens is 1. The van der Waals surface area contributed by atoms with Crippen molar-refractivity contribution < 1.29 is 13.9 Å². The van der Waals surface area contributed by atoms with Crippen molar-refractivity contribution in [1.29, 1.82) is 0 Å². The Labute approximate surface area is 145 Å². The molecule has 25 heavy (non-hydrogen) atoms. The van der Waals surface area contributed by atoms with E-state index in [-0.39, 0.29) is 6.03 Å². The molecule has 0 atom stereocenters. The van der Waals surface area contributed by atoms with Gasteiger partial charge in [-0.2, -0.15) is 5.10 Å². The number of carbonyl (C=O) groups is 1. The summed E-state index contributed by atoms with van der Waals surface area (Å²) in [6.45, 7) is 1.78. The second-order valence-corrected chi connectivity index (χ2v) is 5.51. The highest BCUT2D eigenvalue weighted by Gasteiger charge is 2.03. The van der Waals surface area contributed by atoms with E-state index in [0.717, 1.165) is 22.6 Å². The van der Waals surface area contributed by atoms with Gasteiger partial charge in [-0.3, -0.25) is 5.10 Å². The zero-order chi connectivity index (χ0) is 17.3. The molecule has 130 valence electrons. The molecule has 7 nitrogen and oxygen atoms in total. The summed E-state index contributed by atoms with van der Waals surface area (Å²) in [4.78, 5) is 11.8. The van der Waals surface area contributed by atoms with Crippen LogP contribution < -0.4 is 10.6 Å². The molecule has 0 aliphatic carbocycles. The van der Waals surface area contributed by atoms with E-state index < -0.39 is 0 Å². The molecule has 1 aromatic carbocycles. The van der Waals surface area contributed by atoms with Gasteiger partial charge in [0.25, 0.3) is 0 Å². The minimum atomic E-state index is -0.228. The summed E-state index contributed by atoms with van der Waals surface area (Å²) in [6.07, 6.45) is 3.27. The second kappa shape index (κ2) is 8.70. The summed E-state index contributed by atoms with van der Waals surface area (Å²) >= 11 is 0. The Balaban J connectivity index is 1.40. The largest absolute Gasteiger partial charge is 0.467 e. The number of aromatic amines is 1. The van der Waals surface area contributed by atoms with Crippen molar-refractivity contribution >= 4 is 6.03 Å². The van der Waals surface area contributed by atoms with E-state index in [1.807, 2.05) is 42.5 Å². The van der Waals surface area contributed by atoms with Crippen molar-refractivity contribution in [2.75, 3.05) is 0 Å². The van der Waals surface area contributed by atoms with Crippen molar-refractivity contribution in [1.82, 2.24) is 20.8 Å². The molecule has 0 radical (unpaired) electrons. The fourth-order valence-electron chi connectivity index (χ4n) is 2.30. The lowest BCUT2D eigenvalue weighted by Gasteiger charge is -2.08. The van der Waals surface area contributed by atoms with Crippen LogP contribution in [0.1, 0.15) is 22.6 Å². The normalized spacial score (nSPS) is 10.6. The zero-order valence-electron chi connectivity index (χ0n) is 13.7. The van der Waals surface area contributed by atoms with Crippen LogP contribution in [0.5, 0.6) is 0 Å². The molecule has 0 aliphatic rings. The molecule has 0 saturated heterocycles. The number of furan rings is 1. The van der Waals surface area contributed by atoms with Gasteiger partial charge in [0.05, 0.1) is 25.1 Å². The Morgan fingerprint density at radius 2 is 1.96 bits per heavy atom. The predicted molar refractivity (Wildman–Crippen MR) is 91.3 cm³/mol. The lowest BCUT2D eigenvalue weighted by Crippen LogP contribution is -2.34. The number of hydrogen-bond acceptors (Lipinski definition) is 4. The van der Waals surface area contributed by atoms with E-state index in [9.17, 15) is 4.79 Å². The first kappa shape index (κ1) is 16.8. The van der Waals surface area contributed by atoms with Crippen LogP contribution in [-0.4, -0.2) is 16.2 Å². The van der Waals surface area contributed by atoms with Gasteiger partial charge in [0, 0.05) is 12.7 Å². The third-order valence-corrected chi connectivity index (χ3v) is 3.54. The van der Waals surface area contributed by atoms with Gasteiger partial charge in [-0.15, -0.1) is 0 Å². The molecule has 3 rings (SSSR count). The third kappa shape index (κ3) is 5.50. The third-order valence-electron chi connectivity index (χ3n) is 3.54. The van der Waals surface area contributed by atoms with Crippen LogP contribution in [0.15, 0.2) is 59.3 Å². The Bertz CT molecular complexity index is 769. The van der Waals surface area contributed by atoms with Gasteiger partial charge in [0.2, 0.25) is 0 Å². The summed E-state index contributed by atoms with van der Waals surface area (Å²) in [5.41, 5.74) is 2.91. The van der Waals surface area contributed by atoms with Crippen LogP contribution in [0.2, 0.25) is 0 Å². The first-order valence-electron chi connectivity index (χ1n) is 7.97. The molecular weight excluding hydrogens is 320 g/mol. The van der Waals surface area contributed by atoms with Crippen LogP contribution in [-0.2, 0) is 31.0 Å². The van der Waals surface area contributed by atoms with Crippen LogP contribution in [0.4, 0.5) is 4.79 Å². The molecule has 2 aromatic heterocycles. The Morgan fingerprint density at radius 3 is 2.76 bits per heavy atom. The molecule has 0 aliphatic heterocycles. The zero-order valence-corrected chi connectivity index (χ0v) is 13.7. The van der Waals surface area contributed by atoms with Gasteiger partial charge in [-0.05, 0) is 29.3 Å².